The number of fused-ring (bicyclic) bond motifs is 1. The highest BCUT2D eigenvalue weighted by Gasteiger charge is 2.12. The summed E-state index contributed by atoms with van der Waals surface area (Å²) < 4.78 is 7.70. The Bertz CT molecular complexity index is 805. The first-order chi connectivity index (χ1) is 9.16. The number of oxazole rings is 1. The Labute approximate surface area is 117 Å². The first-order valence-electron chi connectivity index (χ1n) is 5.78. The van der Waals surface area contributed by atoms with Crippen molar-refractivity contribution >= 4 is 32.7 Å². The van der Waals surface area contributed by atoms with Gasteiger partial charge in [-0.1, -0.05) is 40.2 Å². The Morgan fingerprint density at radius 1 is 1.16 bits per heavy atom. The Morgan fingerprint density at radius 2 is 1.95 bits per heavy atom. The second kappa shape index (κ2) is 4.59. The number of halogens is 1. The third-order valence-electron chi connectivity index (χ3n) is 3.00. The highest BCUT2D eigenvalue weighted by Crippen LogP contribution is 2.22. The number of aromatic nitrogens is 1. The van der Waals surface area contributed by atoms with E-state index in [0.717, 1.165) is 10.0 Å². The van der Waals surface area contributed by atoms with E-state index in [4.69, 9.17) is 10.2 Å². The number of hydrogen-bond donors (Lipinski definition) is 1. The minimum atomic E-state index is -0.399. The van der Waals surface area contributed by atoms with Gasteiger partial charge >= 0.3 is 5.76 Å². The van der Waals surface area contributed by atoms with Gasteiger partial charge in [-0.05, 0) is 23.8 Å². The maximum Gasteiger partial charge on any atom is 0.420 e. The van der Waals surface area contributed by atoms with E-state index in [2.05, 4.69) is 15.9 Å². The summed E-state index contributed by atoms with van der Waals surface area (Å²) in [6, 6.07) is 13.0. The molecule has 19 heavy (non-hydrogen) atoms. The van der Waals surface area contributed by atoms with Crippen LogP contribution in [0.25, 0.3) is 11.1 Å². The zero-order valence-electron chi connectivity index (χ0n) is 9.97. The molecule has 1 aromatic heterocycles. The molecule has 0 unspecified atom stereocenters. The quantitative estimate of drug-likeness (QED) is 0.739. The molecule has 0 aliphatic rings. The molecule has 0 aliphatic heterocycles. The maximum absolute atomic E-state index is 11.9. The number of nitrogen functional groups attached to an aromatic ring is 1. The molecule has 2 aromatic carbocycles. The molecule has 3 rings (SSSR count). The average molecular weight is 319 g/mol. The molecule has 96 valence electrons. The van der Waals surface area contributed by atoms with Gasteiger partial charge in [-0.2, -0.15) is 0 Å². The van der Waals surface area contributed by atoms with E-state index in [9.17, 15) is 4.79 Å². The van der Waals surface area contributed by atoms with Gasteiger partial charge in [0.15, 0.2) is 5.58 Å². The fraction of sp³-hybridized carbons (Fsp3) is 0.0714. The molecule has 0 aliphatic carbocycles. The molecule has 0 radical (unpaired) electrons. The molecule has 0 atom stereocenters. The standard InChI is InChI=1S/C14H11BrN2O2/c15-10-5-2-1-4-9(10)8-17-13-11(16)6-3-7-12(13)19-14(17)18/h1-7H,8,16H2. The van der Waals surface area contributed by atoms with Crippen LogP contribution in [0.1, 0.15) is 5.56 Å². The predicted molar refractivity (Wildman–Crippen MR) is 78.1 cm³/mol. The van der Waals surface area contributed by atoms with E-state index in [1.54, 1.807) is 22.8 Å². The summed E-state index contributed by atoms with van der Waals surface area (Å²) in [5, 5.41) is 0. The van der Waals surface area contributed by atoms with Crippen molar-refractivity contribution in [2.24, 2.45) is 0 Å². The van der Waals surface area contributed by atoms with Gasteiger partial charge in [-0.3, -0.25) is 4.57 Å². The number of nitrogens with two attached hydrogens (primary N) is 1. The Balaban J connectivity index is 2.19. The lowest BCUT2D eigenvalue weighted by atomic mass is 10.2. The van der Waals surface area contributed by atoms with Gasteiger partial charge in [-0.25, -0.2) is 4.79 Å². The fourth-order valence-corrected chi connectivity index (χ4v) is 2.50. The van der Waals surface area contributed by atoms with Crippen molar-refractivity contribution in [3.8, 4) is 0 Å². The summed E-state index contributed by atoms with van der Waals surface area (Å²) >= 11 is 3.47. The summed E-state index contributed by atoms with van der Waals surface area (Å²) in [5.74, 6) is -0.399. The van der Waals surface area contributed by atoms with E-state index in [1.165, 1.54) is 0 Å². The molecule has 1 heterocycles. The smallest absolute Gasteiger partial charge is 0.408 e. The van der Waals surface area contributed by atoms with E-state index in [0.29, 0.717) is 23.3 Å². The second-order valence-corrected chi connectivity index (χ2v) is 5.09. The van der Waals surface area contributed by atoms with Crippen molar-refractivity contribution in [3.63, 3.8) is 0 Å². The molecular formula is C14H11BrN2O2. The topological polar surface area (TPSA) is 61.2 Å². The maximum atomic E-state index is 11.9. The first-order valence-corrected chi connectivity index (χ1v) is 6.57. The zero-order valence-corrected chi connectivity index (χ0v) is 11.6. The molecule has 0 spiro atoms. The van der Waals surface area contributed by atoms with Gasteiger partial charge in [0.1, 0.15) is 5.52 Å². The fourth-order valence-electron chi connectivity index (χ4n) is 2.09. The van der Waals surface area contributed by atoms with Crippen LogP contribution in [0.15, 0.2) is 56.1 Å². The van der Waals surface area contributed by atoms with Crippen molar-refractivity contribution in [1.29, 1.82) is 0 Å². The minimum absolute atomic E-state index is 0.399. The van der Waals surface area contributed by atoms with Crippen molar-refractivity contribution in [1.82, 2.24) is 4.57 Å². The van der Waals surface area contributed by atoms with Gasteiger partial charge in [-0.15, -0.1) is 0 Å². The number of rotatable bonds is 2. The summed E-state index contributed by atoms with van der Waals surface area (Å²) in [6.07, 6.45) is 0. The number of benzene rings is 2. The highest BCUT2D eigenvalue weighted by atomic mass is 79.9. The predicted octanol–water partition coefficient (Wildman–Crippen LogP) is 2.99. The van der Waals surface area contributed by atoms with Crippen LogP contribution in [0.3, 0.4) is 0 Å². The van der Waals surface area contributed by atoms with E-state index < -0.39 is 5.76 Å². The normalized spacial score (nSPS) is 11.0. The molecule has 3 aromatic rings. The molecule has 0 saturated carbocycles. The summed E-state index contributed by atoms with van der Waals surface area (Å²) in [6.45, 7) is 0.418. The van der Waals surface area contributed by atoms with Crippen LogP contribution in [-0.2, 0) is 6.54 Å². The van der Waals surface area contributed by atoms with Crippen LogP contribution in [0.5, 0.6) is 0 Å². The van der Waals surface area contributed by atoms with Crippen molar-refractivity contribution in [3.05, 3.63) is 63.1 Å². The Hall–Kier alpha value is -2.01. The van der Waals surface area contributed by atoms with Crippen LogP contribution < -0.4 is 11.5 Å². The molecule has 2 N–H and O–H groups in total. The molecule has 0 amide bonds. The van der Waals surface area contributed by atoms with Gasteiger partial charge in [0.05, 0.1) is 12.2 Å². The monoisotopic (exact) mass is 318 g/mol. The van der Waals surface area contributed by atoms with Crippen molar-refractivity contribution in [2.75, 3.05) is 5.73 Å². The van der Waals surface area contributed by atoms with Gasteiger partial charge < -0.3 is 10.2 Å². The third kappa shape index (κ3) is 2.06. The largest absolute Gasteiger partial charge is 0.420 e. The second-order valence-electron chi connectivity index (χ2n) is 4.24. The highest BCUT2D eigenvalue weighted by molar-refractivity contribution is 9.10. The Kier molecular flexibility index (Phi) is 2.91. The lowest BCUT2D eigenvalue weighted by molar-refractivity contribution is 0.517. The SMILES string of the molecule is Nc1cccc2oc(=O)n(Cc3ccccc3Br)c12. The molecule has 0 saturated heterocycles. The molecule has 4 nitrogen and oxygen atoms in total. The number of anilines is 1. The summed E-state index contributed by atoms with van der Waals surface area (Å²) in [4.78, 5) is 11.9. The molecule has 0 bridgehead atoms. The number of nitrogens with zero attached hydrogens (tertiary/aromatic N) is 1. The van der Waals surface area contributed by atoms with E-state index in [-0.39, 0.29) is 0 Å². The molecule has 0 fully saturated rings. The van der Waals surface area contributed by atoms with Crippen LogP contribution in [0.4, 0.5) is 5.69 Å². The average Bonchev–Trinajstić information content (AvgIpc) is 2.70. The third-order valence-corrected chi connectivity index (χ3v) is 3.78. The van der Waals surface area contributed by atoms with E-state index >= 15 is 0 Å². The van der Waals surface area contributed by atoms with Crippen molar-refractivity contribution in [2.45, 2.75) is 6.54 Å². The lowest BCUT2D eigenvalue weighted by Crippen LogP contribution is -2.15. The summed E-state index contributed by atoms with van der Waals surface area (Å²) in [5.41, 5.74) is 8.62. The van der Waals surface area contributed by atoms with E-state index in [1.807, 2.05) is 24.3 Å². The Morgan fingerprint density at radius 3 is 2.74 bits per heavy atom. The zero-order chi connectivity index (χ0) is 13.4. The number of para-hydroxylation sites is 1. The van der Waals surface area contributed by atoms with Crippen LogP contribution in [0.2, 0.25) is 0 Å². The first kappa shape index (κ1) is 12.0. The molecule has 5 heteroatoms. The van der Waals surface area contributed by atoms with Gasteiger partial charge in [0.25, 0.3) is 0 Å². The van der Waals surface area contributed by atoms with Gasteiger partial charge in [0, 0.05) is 4.47 Å². The lowest BCUT2D eigenvalue weighted by Gasteiger charge is -2.06. The van der Waals surface area contributed by atoms with Crippen LogP contribution in [0, 0.1) is 0 Å². The molecular weight excluding hydrogens is 308 g/mol. The van der Waals surface area contributed by atoms with Crippen LogP contribution in [-0.4, -0.2) is 4.57 Å². The van der Waals surface area contributed by atoms with Crippen LogP contribution >= 0.6 is 15.9 Å². The minimum Gasteiger partial charge on any atom is -0.408 e. The van der Waals surface area contributed by atoms with Crippen molar-refractivity contribution < 1.29 is 4.42 Å². The number of hydrogen-bond acceptors (Lipinski definition) is 3. The van der Waals surface area contributed by atoms with Gasteiger partial charge in [0.2, 0.25) is 0 Å². The summed E-state index contributed by atoms with van der Waals surface area (Å²) in [7, 11) is 0.